The van der Waals surface area contributed by atoms with E-state index < -0.39 is 62.9 Å². The molecule has 156 valence electrons. The van der Waals surface area contributed by atoms with Gasteiger partial charge in [-0.25, -0.2) is 13.6 Å². The van der Waals surface area contributed by atoms with Crippen LogP contribution in [0.3, 0.4) is 0 Å². The van der Waals surface area contributed by atoms with Crippen molar-refractivity contribution in [2.24, 2.45) is 0 Å². The highest BCUT2D eigenvalue weighted by molar-refractivity contribution is 8.00. The van der Waals surface area contributed by atoms with Gasteiger partial charge in [0.25, 0.3) is 5.91 Å². The Labute approximate surface area is 167 Å². The van der Waals surface area contributed by atoms with Crippen LogP contribution in [-0.4, -0.2) is 23.4 Å². The molecule has 0 aromatic heterocycles. The fourth-order valence-corrected chi connectivity index (χ4v) is 2.86. The predicted molar refractivity (Wildman–Crippen MR) is 91.2 cm³/mol. The van der Waals surface area contributed by atoms with Crippen LogP contribution in [0.4, 0.5) is 41.2 Å². The van der Waals surface area contributed by atoms with Crippen LogP contribution >= 0.6 is 23.4 Å². The van der Waals surface area contributed by atoms with Crippen LogP contribution in [0.2, 0.25) is 5.02 Å². The lowest BCUT2D eigenvalue weighted by Crippen LogP contribution is -2.35. The van der Waals surface area contributed by atoms with Gasteiger partial charge in [0.15, 0.2) is 0 Å². The number of benzene rings is 2. The number of halogens is 8. The molecule has 2 N–H and O–H groups in total. The normalized spacial score (nSPS) is 11.9. The molecular weight excluding hydrogens is 453 g/mol. The summed E-state index contributed by atoms with van der Waals surface area (Å²) in [7, 11) is 0. The summed E-state index contributed by atoms with van der Waals surface area (Å²) in [6.07, 6.45) is -5.85. The third-order valence-corrected chi connectivity index (χ3v) is 4.47. The largest absolute Gasteiger partial charge is 0.464 e. The summed E-state index contributed by atoms with van der Waals surface area (Å²) in [5.41, 5.74) is -1.28. The first kappa shape index (κ1) is 22.8. The van der Waals surface area contributed by atoms with Crippen molar-refractivity contribution in [3.05, 3.63) is 58.6 Å². The lowest BCUT2D eigenvalue weighted by atomic mass is 10.2. The molecular formula is C16H8ClF7N2O2S. The Balaban J connectivity index is 2.09. The number of amides is 3. The molecule has 0 heterocycles. The minimum absolute atomic E-state index is 0.298. The average molecular weight is 461 g/mol. The first-order valence-corrected chi connectivity index (χ1v) is 8.50. The highest BCUT2D eigenvalue weighted by Crippen LogP contribution is 2.47. The number of imide groups is 1. The molecule has 0 spiro atoms. The van der Waals surface area contributed by atoms with Gasteiger partial charge in [0, 0.05) is 4.90 Å². The van der Waals surface area contributed by atoms with Gasteiger partial charge >= 0.3 is 17.5 Å². The molecule has 2 aromatic rings. The van der Waals surface area contributed by atoms with Crippen LogP contribution in [0.1, 0.15) is 10.4 Å². The summed E-state index contributed by atoms with van der Waals surface area (Å²) in [6, 6.07) is 3.74. The molecule has 0 bridgehead atoms. The van der Waals surface area contributed by atoms with Gasteiger partial charge in [-0.3, -0.25) is 10.1 Å². The van der Waals surface area contributed by atoms with Gasteiger partial charge in [0.05, 0.1) is 16.3 Å². The summed E-state index contributed by atoms with van der Waals surface area (Å²) < 4.78 is 90.1. The van der Waals surface area contributed by atoms with Crippen molar-refractivity contribution in [1.82, 2.24) is 5.32 Å². The number of urea groups is 1. The summed E-state index contributed by atoms with van der Waals surface area (Å²) >= 11 is 4.73. The highest BCUT2D eigenvalue weighted by atomic mass is 35.5. The van der Waals surface area contributed by atoms with Crippen LogP contribution in [-0.2, 0) is 0 Å². The number of thioether (sulfide) groups is 1. The van der Waals surface area contributed by atoms with Gasteiger partial charge < -0.3 is 5.32 Å². The zero-order chi connectivity index (χ0) is 22.0. The lowest BCUT2D eigenvalue weighted by Gasteiger charge is -2.18. The fourth-order valence-electron chi connectivity index (χ4n) is 1.90. The van der Waals surface area contributed by atoms with Crippen LogP contribution < -0.4 is 10.6 Å². The first-order valence-electron chi connectivity index (χ1n) is 7.31. The second kappa shape index (κ2) is 8.49. The van der Waals surface area contributed by atoms with Gasteiger partial charge in [-0.2, -0.15) is 22.0 Å². The maximum atomic E-state index is 13.9. The van der Waals surface area contributed by atoms with Crippen molar-refractivity contribution in [3.8, 4) is 0 Å². The Morgan fingerprint density at radius 2 is 1.62 bits per heavy atom. The molecule has 0 radical (unpaired) electrons. The molecule has 0 saturated heterocycles. The number of hydrogen-bond acceptors (Lipinski definition) is 3. The van der Waals surface area contributed by atoms with Crippen LogP contribution in [0.15, 0.2) is 41.3 Å². The van der Waals surface area contributed by atoms with E-state index in [0.717, 1.165) is 6.07 Å². The number of rotatable bonds is 4. The maximum absolute atomic E-state index is 13.9. The molecule has 0 unspecified atom stereocenters. The number of carbonyl (C=O) groups excluding carboxylic acids is 2. The number of nitrogens with one attached hydrogen (secondary N) is 2. The van der Waals surface area contributed by atoms with E-state index in [9.17, 15) is 40.3 Å². The van der Waals surface area contributed by atoms with Gasteiger partial charge in [-0.05, 0) is 42.1 Å². The lowest BCUT2D eigenvalue weighted by molar-refractivity contribution is -0.237. The molecule has 29 heavy (non-hydrogen) atoms. The molecule has 0 aliphatic carbocycles. The first-order chi connectivity index (χ1) is 13.3. The number of carbonyl (C=O) groups is 2. The van der Waals surface area contributed by atoms with E-state index in [1.807, 2.05) is 5.32 Å². The fraction of sp³-hybridized carbons (Fsp3) is 0.125. The molecule has 3 amide bonds. The quantitative estimate of drug-likeness (QED) is 0.446. The molecule has 4 nitrogen and oxygen atoms in total. The SMILES string of the molecule is O=C(NC(=O)c1c(F)cccc1Cl)Nc1ccc(SC(F)(F)C(F)(F)F)cc1F. The predicted octanol–water partition coefficient (Wildman–Crippen LogP) is 5.83. The molecule has 0 atom stereocenters. The summed E-state index contributed by atoms with van der Waals surface area (Å²) in [6.45, 7) is 0. The molecule has 0 aliphatic heterocycles. The van der Waals surface area contributed by atoms with Crippen LogP contribution in [0.5, 0.6) is 0 Å². The molecule has 2 aromatic carbocycles. The van der Waals surface area contributed by atoms with E-state index in [1.165, 1.54) is 12.1 Å². The van der Waals surface area contributed by atoms with Crippen LogP contribution in [0, 0.1) is 11.6 Å². The van der Waals surface area contributed by atoms with Crippen molar-refractivity contribution < 1.29 is 40.3 Å². The summed E-state index contributed by atoms with van der Waals surface area (Å²) in [4.78, 5) is 22.9. The van der Waals surface area contributed by atoms with Crippen molar-refractivity contribution in [2.75, 3.05) is 5.32 Å². The van der Waals surface area contributed by atoms with Crippen molar-refractivity contribution in [2.45, 2.75) is 16.3 Å². The van der Waals surface area contributed by atoms with Crippen molar-refractivity contribution >= 4 is 41.0 Å². The van der Waals surface area contributed by atoms with E-state index in [2.05, 4.69) is 0 Å². The molecule has 0 aliphatic rings. The van der Waals surface area contributed by atoms with Gasteiger partial charge in [0.1, 0.15) is 11.6 Å². The Hall–Kier alpha value is -2.47. The molecule has 0 saturated carbocycles. The van der Waals surface area contributed by atoms with E-state index in [-0.39, 0.29) is 5.02 Å². The summed E-state index contributed by atoms with van der Waals surface area (Å²) in [5, 5.41) is -1.94. The minimum atomic E-state index is -5.85. The van der Waals surface area contributed by atoms with Crippen molar-refractivity contribution in [3.63, 3.8) is 0 Å². The van der Waals surface area contributed by atoms with Crippen molar-refractivity contribution in [1.29, 1.82) is 0 Å². The minimum Gasteiger partial charge on any atom is -0.305 e. The zero-order valence-corrected chi connectivity index (χ0v) is 15.3. The zero-order valence-electron chi connectivity index (χ0n) is 13.7. The van der Waals surface area contributed by atoms with Gasteiger partial charge in [0.2, 0.25) is 0 Å². The third-order valence-electron chi connectivity index (χ3n) is 3.18. The Morgan fingerprint density at radius 3 is 2.17 bits per heavy atom. The average Bonchev–Trinajstić information content (AvgIpc) is 2.55. The number of hydrogen-bond donors (Lipinski definition) is 2. The third kappa shape index (κ3) is 5.54. The topological polar surface area (TPSA) is 58.2 Å². The maximum Gasteiger partial charge on any atom is 0.464 e. The monoisotopic (exact) mass is 460 g/mol. The second-order valence-corrected chi connectivity index (χ2v) is 6.86. The molecule has 2 rings (SSSR count). The van der Waals surface area contributed by atoms with E-state index in [1.54, 1.807) is 5.32 Å². The Morgan fingerprint density at radius 1 is 0.966 bits per heavy atom. The Bertz CT molecular complexity index is 933. The molecule has 0 fully saturated rings. The second-order valence-electron chi connectivity index (χ2n) is 5.26. The smallest absolute Gasteiger partial charge is 0.305 e. The summed E-state index contributed by atoms with van der Waals surface area (Å²) in [5.74, 6) is -3.62. The number of alkyl halides is 5. The van der Waals surface area contributed by atoms with Gasteiger partial charge in [-0.15, -0.1) is 0 Å². The standard InChI is InChI=1S/C16H8ClF7N2O2S/c17-8-2-1-3-9(18)12(8)13(27)26-14(28)25-11-5-4-7(6-10(11)19)29-16(23,24)15(20,21)22/h1-6H,(H2,25,26,27,28). The number of anilines is 1. The van der Waals surface area contributed by atoms with E-state index in [0.29, 0.717) is 18.2 Å². The van der Waals surface area contributed by atoms with Gasteiger partial charge in [-0.1, -0.05) is 17.7 Å². The van der Waals surface area contributed by atoms with E-state index >= 15 is 0 Å². The van der Waals surface area contributed by atoms with E-state index in [4.69, 9.17) is 11.6 Å². The highest BCUT2D eigenvalue weighted by Gasteiger charge is 2.58. The Kier molecular flexibility index (Phi) is 6.68. The molecule has 13 heteroatoms. The van der Waals surface area contributed by atoms with Crippen LogP contribution in [0.25, 0.3) is 0 Å².